The predicted octanol–water partition coefficient (Wildman–Crippen LogP) is 1.34. The number of benzene rings is 1. The molecule has 0 spiro atoms. The van der Waals surface area contributed by atoms with Crippen molar-refractivity contribution in [1.29, 1.82) is 0 Å². The number of fused-ring (bicyclic) bond motifs is 2. The summed E-state index contributed by atoms with van der Waals surface area (Å²) < 4.78 is 28.9. The van der Waals surface area contributed by atoms with Crippen LogP contribution < -0.4 is 0 Å². The monoisotopic (exact) mass is 308 g/mol. The van der Waals surface area contributed by atoms with Gasteiger partial charge in [0.05, 0.1) is 6.61 Å². The molecule has 3 aliphatic rings. The van der Waals surface area contributed by atoms with Crippen LogP contribution in [0.3, 0.4) is 0 Å². The van der Waals surface area contributed by atoms with Gasteiger partial charge in [0.15, 0.2) is 18.4 Å². The lowest BCUT2D eigenvalue weighted by atomic mass is 9.98. The van der Waals surface area contributed by atoms with E-state index < -0.39 is 36.7 Å². The lowest BCUT2D eigenvalue weighted by Gasteiger charge is -2.44. The molecule has 0 radical (unpaired) electrons. The minimum atomic E-state index is -0.819. The van der Waals surface area contributed by atoms with Crippen LogP contribution in [-0.2, 0) is 23.7 Å². The van der Waals surface area contributed by atoms with E-state index in [9.17, 15) is 5.11 Å². The van der Waals surface area contributed by atoms with Gasteiger partial charge >= 0.3 is 0 Å². The maximum atomic E-state index is 10.6. The van der Waals surface area contributed by atoms with Gasteiger partial charge in [0.1, 0.15) is 24.4 Å². The lowest BCUT2D eigenvalue weighted by molar-refractivity contribution is -0.338. The second kappa shape index (κ2) is 5.26. The summed E-state index contributed by atoms with van der Waals surface area (Å²) in [6.07, 6.45) is -3.34. The highest BCUT2D eigenvalue weighted by molar-refractivity contribution is 5.16. The predicted molar refractivity (Wildman–Crippen MR) is 74.7 cm³/mol. The summed E-state index contributed by atoms with van der Waals surface area (Å²) in [6, 6.07) is 9.65. The Morgan fingerprint density at radius 1 is 1.05 bits per heavy atom. The molecule has 1 unspecified atom stereocenters. The van der Waals surface area contributed by atoms with Gasteiger partial charge in [0, 0.05) is 5.56 Å². The third kappa shape index (κ3) is 2.46. The first-order valence-corrected chi connectivity index (χ1v) is 7.55. The summed E-state index contributed by atoms with van der Waals surface area (Å²) in [7, 11) is 0. The van der Waals surface area contributed by atoms with E-state index in [1.165, 1.54) is 0 Å². The zero-order chi connectivity index (χ0) is 15.3. The number of aliphatic hydroxyl groups excluding tert-OH is 1. The van der Waals surface area contributed by atoms with Gasteiger partial charge in [-0.1, -0.05) is 30.3 Å². The number of rotatable bonds is 1. The van der Waals surface area contributed by atoms with Crippen molar-refractivity contribution in [3.05, 3.63) is 35.9 Å². The van der Waals surface area contributed by atoms with E-state index in [1.54, 1.807) is 13.8 Å². The minimum Gasteiger partial charge on any atom is -0.387 e. The molecule has 1 aromatic rings. The maximum absolute atomic E-state index is 10.6. The van der Waals surface area contributed by atoms with Crippen molar-refractivity contribution in [2.24, 2.45) is 0 Å². The molecule has 0 amide bonds. The molecule has 3 saturated heterocycles. The average molecular weight is 308 g/mol. The Bertz CT molecular complexity index is 533. The molecule has 3 aliphatic heterocycles. The smallest absolute Gasteiger partial charge is 0.190 e. The van der Waals surface area contributed by atoms with Gasteiger partial charge in [-0.2, -0.15) is 0 Å². The molecular weight excluding hydrogens is 288 g/mol. The van der Waals surface area contributed by atoms with Gasteiger partial charge in [0.25, 0.3) is 0 Å². The van der Waals surface area contributed by atoms with Gasteiger partial charge < -0.3 is 28.8 Å². The number of hydrogen-bond donors (Lipinski definition) is 1. The second-order valence-electron chi connectivity index (χ2n) is 6.31. The van der Waals surface area contributed by atoms with Crippen LogP contribution >= 0.6 is 0 Å². The van der Waals surface area contributed by atoms with Crippen LogP contribution in [0.2, 0.25) is 0 Å². The Morgan fingerprint density at radius 3 is 2.59 bits per heavy atom. The fourth-order valence-electron chi connectivity index (χ4n) is 3.20. The Hall–Kier alpha value is -1.02. The van der Waals surface area contributed by atoms with Crippen LogP contribution in [0.5, 0.6) is 0 Å². The van der Waals surface area contributed by atoms with Crippen molar-refractivity contribution in [1.82, 2.24) is 0 Å². The third-order valence-electron chi connectivity index (χ3n) is 4.20. The molecule has 1 aromatic carbocycles. The van der Waals surface area contributed by atoms with Gasteiger partial charge in [-0.15, -0.1) is 0 Å². The summed E-state index contributed by atoms with van der Waals surface area (Å²) in [5.41, 5.74) is 0.916. The highest BCUT2D eigenvalue weighted by Crippen LogP contribution is 2.40. The van der Waals surface area contributed by atoms with Crippen molar-refractivity contribution in [2.75, 3.05) is 6.61 Å². The molecule has 1 N–H and O–H groups in total. The van der Waals surface area contributed by atoms with Gasteiger partial charge in [-0.05, 0) is 13.8 Å². The summed E-state index contributed by atoms with van der Waals surface area (Å²) >= 11 is 0. The highest BCUT2D eigenvalue weighted by atomic mass is 16.8. The first-order valence-electron chi connectivity index (χ1n) is 7.55. The van der Waals surface area contributed by atoms with E-state index in [0.29, 0.717) is 6.61 Å². The minimum absolute atomic E-state index is 0.342. The van der Waals surface area contributed by atoms with E-state index in [-0.39, 0.29) is 6.10 Å². The first-order chi connectivity index (χ1) is 10.5. The fourth-order valence-corrected chi connectivity index (χ4v) is 3.20. The molecule has 0 bridgehead atoms. The Balaban J connectivity index is 1.52. The molecule has 22 heavy (non-hydrogen) atoms. The summed E-state index contributed by atoms with van der Waals surface area (Å²) in [6.45, 7) is 3.94. The Kier molecular flexibility index (Phi) is 3.48. The second-order valence-corrected chi connectivity index (χ2v) is 6.31. The highest BCUT2D eigenvalue weighted by Gasteiger charge is 2.56. The molecule has 6 atom stereocenters. The molecule has 6 nitrogen and oxygen atoms in total. The van der Waals surface area contributed by atoms with Gasteiger partial charge in [0.2, 0.25) is 0 Å². The molecule has 0 saturated carbocycles. The molecule has 120 valence electrons. The maximum Gasteiger partial charge on any atom is 0.190 e. The van der Waals surface area contributed by atoms with E-state index in [0.717, 1.165) is 5.56 Å². The average Bonchev–Trinajstić information content (AvgIpc) is 2.83. The van der Waals surface area contributed by atoms with Crippen LogP contribution in [0, 0.1) is 0 Å². The quantitative estimate of drug-likeness (QED) is 0.844. The van der Waals surface area contributed by atoms with Crippen LogP contribution in [0.25, 0.3) is 0 Å². The standard InChI is InChI=1S/C16H20O6/c1-16(2)21-13-11(17)12-10(19-15(13)22-16)8-18-14(20-12)9-6-4-3-5-7-9/h3-7,10-15,17H,8H2,1-2H3/t10-,11+,12-,13+,14?,15+/m1/s1. The number of aliphatic hydroxyl groups is 1. The molecular formula is C16H20O6. The van der Waals surface area contributed by atoms with Crippen LogP contribution in [-0.4, -0.2) is 48.2 Å². The zero-order valence-electron chi connectivity index (χ0n) is 12.5. The molecule has 0 aromatic heterocycles. The zero-order valence-corrected chi connectivity index (χ0v) is 12.5. The van der Waals surface area contributed by atoms with Crippen molar-refractivity contribution in [3.63, 3.8) is 0 Å². The van der Waals surface area contributed by atoms with Gasteiger partial charge in [-0.25, -0.2) is 0 Å². The summed E-state index contributed by atoms with van der Waals surface area (Å²) in [5.74, 6) is -0.774. The van der Waals surface area contributed by atoms with E-state index in [2.05, 4.69) is 0 Å². The molecule has 4 rings (SSSR count). The van der Waals surface area contributed by atoms with E-state index in [4.69, 9.17) is 23.7 Å². The van der Waals surface area contributed by atoms with E-state index >= 15 is 0 Å². The van der Waals surface area contributed by atoms with E-state index in [1.807, 2.05) is 30.3 Å². The first kappa shape index (κ1) is 14.6. The van der Waals surface area contributed by atoms with Gasteiger partial charge in [-0.3, -0.25) is 0 Å². The normalized spacial score (nSPS) is 43.4. The summed E-state index contributed by atoms with van der Waals surface area (Å²) in [5, 5.41) is 10.6. The SMILES string of the molecule is CC1(C)O[C@@H]2O[C@@H]3COC(c4ccccc4)O[C@H]3[C@H](O)[C@@H]2O1. The van der Waals surface area contributed by atoms with Crippen LogP contribution in [0.4, 0.5) is 0 Å². The summed E-state index contributed by atoms with van der Waals surface area (Å²) in [4.78, 5) is 0. The van der Waals surface area contributed by atoms with Crippen LogP contribution in [0.15, 0.2) is 30.3 Å². The lowest BCUT2D eigenvalue weighted by Crippen LogP contribution is -2.60. The molecule has 3 heterocycles. The number of ether oxygens (including phenoxy) is 5. The molecule has 0 aliphatic carbocycles. The van der Waals surface area contributed by atoms with Crippen molar-refractivity contribution >= 4 is 0 Å². The third-order valence-corrected chi connectivity index (χ3v) is 4.20. The van der Waals surface area contributed by atoms with Crippen molar-refractivity contribution in [3.8, 4) is 0 Å². The van der Waals surface area contributed by atoms with Crippen LogP contribution in [0.1, 0.15) is 25.7 Å². The largest absolute Gasteiger partial charge is 0.387 e. The van der Waals surface area contributed by atoms with Crippen molar-refractivity contribution < 1.29 is 28.8 Å². The Morgan fingerprint density at radius 2 is 1.82 bits per heavy atom. The van der Waals surface area contributed by atoms with Crippen molar-refractivity contribution in [2.45, 2.75) is 56.6 Å². The topological polar surface area (TPSA) is 66.4 Å². The number of hydrogen-bond acceptors (Lipinski definition) is 6. The Labute approximate surface area is 128 Å². The fraction of sp³-hybridized carbons (Fsp3) is 0.625. The molecule has 6 heteroatoms. The molecule has 3 fully saturated rings.